The zero-order valence-electron chi connectivity index (χ0n) is 9.44. The summed E-state index contributed by atoms with van der Waals surface area (Å²) in [5, 5.41) is 15.7. The molecule has 17 heavy (non-hydrogen) atoms. The lowest BCUT2D eigenvalue weighted by Crippen LogP contribution is -2.38. The molecule has 1 heterocycles. The average Bonchev–Trinajstić information content (AvgIpc) is 2.47. The van der Waals surface area contributed by atoms with E-state index >= 15 is 0 Å². The van der Waals surface area contributed by atoms with E-state index in [4.69, 9.17) is 15.6 Å². The standard InChI is InChI=1S/C14H14N2O/c15-10-7-12(16)11-6-5-9-3-1-2-4-13(9)17-14(11)8-10/h1-6,11,14-16H,7-8H2. The van der Waals surface area contributed by atoms with E-state index in [9.17, 15) is 0 Å². The van der Waals surface area contributed by atoms with Gasteiger partial charge in [0.25, 0.3) is 0 Å². The maximum Gasteiger partial charge on any atom is 0.126 e. The van der Waals surface area contributed by atoms with Crippen molar-refractivity contribution in [1.82, 2.24) is 0 Å². The molecule has 2 unspecified atom stereocenters. The molecule has 0 amide bonds. The Morgan fingerprint density at radius 1 is 1.18 bits per heavy atom. The summed E-state index contributed by atoms with van der Waals surface area (Å²) in [6.07, 6.45) is 5.12. The largest absolute Gasteiger partial charge is 0.488 e. The van der Waals surface area contributed by atoms with Gasteiger partial charge in [-0.2, -0.15) is 0 Å². The SMILES string of the molecule is N=C1CC(=N)C2C=Cc3ccccc3OC2C1. The molecule has 2 atom stereocenters. The highest BCUT2D eigenvalue weighted by Crippen LogP contribution is 2.32. The van der Waals surface area contributed by atoms with Gasteiger partial charge < -0.3 is 15.6 Å². The van der Waals surface area contributed by atoms with E-state index in [1.165, 1.54) is 0 Å². The summed E-state index contributed by atoms with van der Waals surface area (Å²) in [4.78, 5) is 0. The summed E-state index contributed by atoms with van der Waals surface area (Å²) in [7, 11) is 0. The molecular formula is C14H14N2O. The minimum Gasteiger partial charge on any atom is -0.488 e. The van der Waals surface area contributed by atoms with E-state index < -0.39 is 0 Å². The molecule has 1 aromatic rings. The minimum absolute atomic E-state index is 0.0245. The number of para-hydroxylation sites is 1. The molecule has 2 N–H and O–H groups in total. The summed E-state index contributed by atoms with van der Waals surface area (Å²) in [5.41, 5.74) is 2.25. The van der Waals surface area contributed by atoms with Gasteiger partial charge in [-0.15, -0.1) is 0 Å². The van der Waals surface area contributed by atoms with Crippen LogP contribution >= 0.6 is 0 Å². The third-order valence-corrected chi connectivity index (χ3v) is 3.33. The van der Waals surface area contributed by atoms with Gasteiger partial charge in [0, 0.05) is 29.8 Å². The van der Waals surface area contributed by atoms with Crippen LogP contribution in [0.15, 0.2) is 30.3 Å². The second kappa shape index (κ2) is 3.84. The Kier molecular flexibility index (Phi) is 2.32. The predicted molar refractivity (Wildman–Crippen MR) is 68.1 cm³/mol. The topological polar surface area (TPSA) is 56.9 Å². The van der Waals surface area contributed by atoms with Crippen molar-refractivity contribution in [2.75, 3.05) is 0 Å². The molecule has 3 rings (SSSR count). The Bertz CT molecular complexity index is 519. The Morgan fingerprint density at radius 3 is 2.88 bits per heavy atom. The third kappa shape index (κ3) is 1.78. The molecule has 1 aliphatic heterocycles. The average molecular weight is 226 g/mol. The van der Waals surface area contributed by atoms with Crippen LogP contribution in [0.1, 0.15) is 18.4 Å². The summed E-state index contributed by atoms with van der Waals surface area (Å²) < 4.78 is 5.96. The molecule has 2 aliphatic rings. The number of ether oxygens (including phenoxy) is 1. The number of nitrogens with one attached hydrogen (secondary N) is 2. The minimum atomic E-state index is -0.0800. The Morgan fingerprint density at radius 2 is 2.00 bits per heavy atom. The summed E-state index contributed by atoms with van der Waals surface area (Å²) in [5.74, 6) is 0.884. The molecule has 1 aliphatic carbocycles. The van der Waals surface area contributed by atoms with Crippen LogP contribution in [-0.4, -0.2) is 17.5 Å². The van der Waals surface area contributed by atoms with Gasteiger partial charge in [-0.1, -0.05) is 30.4 Å². The molecule has 86 valence electrons. The van der Waals surface area contributed by atoms with Crippen LogP contribution in [0.5, 0.6) is 5.75 Å². The molecule has 0 bridgehead atoms. The number of fused-ring (bicyclic) bond motifs is 2. The first kappa shape index (κ1) is 10.3. The van der Waals surface area contributed by atoms with Crippen LogP contribution in [0.2, 0.25) is 0 Å². The molecule has 0 spiro atoms. The van der Waals surface area contributed by atoms with E-state index in [-0.39, 0.29) is 12.0 Å². The van der Waals surface area contributed by atoms with Gasteiger partial charge >= 0.3 is 0 Å². The third-order valence-electron chi connectivity index (χ3n) is 3.33. The van der Waals surface area contributed by atoms with Crippen molar-refractivity contribution in [2.45, 2.75) is 18.9 Å². The van der Waals surface area contributed by atoms with Gasteiger partial charge in [0.15, 0.2) is 0 Å². The lowest BCUT2D eigenvalue weighted by Gasteiger charge is -2.30. The normalized spacial score (nSPS) is 26.8. The first-order valence-corrected chi connectivity index (χ1v) is 5.81. The molecule has 0 aromatic heterocycles. The van der Waals surface area contributed by atoms with Gasteiger partial charge in [0.2, 0.25) is 0 Å². The van der Waals surface area contributed by atoms with Crippen molar-refractivity contribution in [3.05, 3.63) is 35.9 Å². The van der Waals surface area contributed by atoms with Gasteiger partial charge in [0.05, 0.1) is 5.92 Å². The second-order valence-corrected chi connectivity index (χ2v) is 4.59. The monoisotopic (exact) mass is 226 g/mol. The number of hydrogen-bond acceptors (Lipinski definition) is 3. The molecular weight excluding hydrogens is 212 g/mol. The summed E-state index contributed by atoms with van der Waals surface area (Å²) in [6, 6.07) is 7.89. The van der Waals surface area contributed by atoms with Gasteiger partial charge in [-0.3, -0.25) is 0 Å². The summed E-state index contributed by atoms with van der Waals surface area (Å²) >= 11 is 0. The molecule has 0 radical (unpaired) electrons. The fraction of sp³-hybridized carbons (Fsp3) is 0.286. The van der Waals surface area contributed by atoms with Crippen LogP contribution in [0.25, 0.3) is 6.08 Å². The summed E-state index contributed by atoms with van der Waals surface area (Å²) in [6.45, 7) is 0. The zero-order valence-corrected chi connectivity index (χ0v) is 9.44. The highest BCUT2D eigenvalue weighted by molar-refractivity contribution is 6.06. The predicted octanol–water partition coefficient (Wildman–Crippen LogP) is 2.91. The Balaban J connectivity index is 2.00. The van der Waals surface area contributed by atoms with E-state index in [0.29, 0.717) is 24.3 Å². The van der Waals surface area contributed by atoms with Crippen LogP contribution < -0.4 is 4.74 Å². The van der Waals surface area contributed by atoms with Crippen molar-refractivity contribution >= 4 is 17.5 Å². The number of hydrogen-bond donors (Lipinski definition) is 2. The second-order valence-electron chi connectivity index (χ2n) is 4.59. The maximum absolute atomic E-state index is 7.98. The number of benzene rings is 1. The van der Waals surface area contributed by atoms with Crippen LogP contribution in [-0.2, 0) is 0 Å². The molecule has 1 fully saturated rings. The van der Waals surface area contributed by atoms with Crippen molar-refractivity contribution in [2.24, 2.45) is 5.92 Å². The fourth-order valence-electron chi connectivity index (χ4n) is 2.47. The molecule has 0 saturated heterocycles. The molecule has 3 heteroatoms. The van der Waals surface area contributed by atoms with Crippen molar-refractivity contribution in [3.63, 3.8) is 0 Å². The number of rotatable bonds is 0. The lowest BCUT2D eigenvalue weighted by molar-refractivity contribution is 0.187. The highest BCUT2D eigenvalue weighted by Gasteiger charge is 2.33. The Hall–Kier alpha value is -1.90. The van der Waals surface area contributed by atoms with Crippen molar-refractivity contribution < 1.29 is 4.74 Å². The van der Waals surface area contributed by atoms with Crippen molar-refractivity contribution in [3.8, 4) is 5.75 Å². The Labute approximate surface area is 100 Å². The van der Waals surface area contributed by atoms with Crippen LogP contribution in [0, 0.1) is 16.7 Å². The molecule has 3 nitrogen and oxygen atoms in total. The van der Waals surface area contributed by atoms with Crippen molar-refractivity contribution in [1.29, 1.82) is 10.8 Å². The lowest BCUT2D eigenvalue weighted by atomic mass is 9.83. The van der Waals surface area contributed by atoms with E-state index in [0.717, 1.165) is 11.3 Å². The highest BCUT2D eigenvalue weighted by atomic mass is 16.5. The first-order chi connectivity index (χ1) is 8.24. The fourth-order valence-corrected chi connectivity index (χ4v) is 2.47. The maximum atomic E-state index is 7.98. The van der Waals surface area contributed by atoms with Crippen LogP contribution in [0.4, 0.5) is 0 Å². The first-order valence-electron chi connectivity index (χ1n) is 5.81. The van der Waals surface area contributed by atoms with Gasteiger partial charge in [-0.25, -0.2) is 0 Å². The smallest absolute Gasteiger partial charge is 0.126 e. The van der Waals surface area contributed by atoms with E-state index in [1.54, 1.807) is 0 Å². The molecule has 1 saturated carbocycles. The van der Waals surface area contributed by atoms with Crippen LogP contribution in [0.3, 0.4) is 0 Å². The van der Waals surface area contributed by atoms with E-state index in [1.807, 2.05) is 36.4 Å². The van der Waals surface area contributed by atoms with Gasteiger partial charge in [0.1, 0.15) is 11.9 Å². The quantitative estimate of drug-likeness (QED) is 0.702. The molecule has 1 aromatic carbocycles. The zero-order chi connectivity index (χ0) is 11.8. The van der Waals surface area contributed by atoms with Gasteiger partial charge in [-0.05, 0) is 6.07 Å². The van der Waals surface area contributed by atoms with E-state index in [2.05, 4.69) is 0 Å².